The lowest BCUT2D eigenvalue weighted by atomic mass is 9.52. The van der Waals surface area contributed by atoms with Crippen molar-refractivity contribution < 1.29 is 18.4 Å². The van der Waals surface area contributed by atoms with Crippen LogP contribution in [0.25, 0.3) is 16.7 Å². The first-order valence-corrected chi connectivity index (χ1v) is 13.5. The molecule has 8 rings (SSSR count). The van der Waals surface area contributed by atoms with Crippen LogP contribution in [0.5, 0.6) is 0 Å². The number of carbonyl (C=O) groups is 2. The summed E-state index contributed by atoms with van der Waals surface area (Å²) < 4.78 is 22.2. The Labute approximate surface area is 222 Å². The van der Waals surface area contributed by atoms with E-state index < -0.39 is 23.4 Å². The Morgan fingerprint density at radius 1 is 1.05 bits per heavy atom. The van der Waals surface area contributed by atoms with Gasteiger partial charge < -0.3 is 15.1 Å². The van der Waals surface area contributed by atoms with Crippen molar-refractivity contribution in [1.82, 2.24) is 29.8 Å². The van der Waals surface area contributed by atoms with Crippen LogP contribution in [0.4, 0.5) is 4.39 Å². The Bertz CT molecular complexity index is 1660. The van der Waals surface area contributed by atoms with E-state index in [9.17, 15) is 18.8 Å². The SMILES string of the molecule is Cn1c(=O)oc2ccc(CNC(=O)c3cc(C(=O)NCC4C5CC6CC(C5)CC4C6)n4ncc(F)c4n3)cc21. The highest BCUT2D eigenvalue weighted by molar-refractivity contribution is 5.98. The van der Waals surface area contributed by atoms with E-state index >= 15 is 0 Å². The topological polar surface area (TPSA) is 124 Å². The lowest BCUT2D eigenvalue weighted by Crippen LogP contribution is -2.49. The van der Waals surface area contributed by atoms with Crippen molar-refractivity contribution in [3.05, 3.63) is 63.8 Å². The minimum atomic E-state index is -0.717. The molecule has 4 fully saturated rings. The fourth-order valence-electron chi connectivity index (χ4n) is 7.44. The molecule has 0 aliphatic heterocycles. The van der Waals surface area contributed by atoms with E-state index in [0.29, 0.717) is 35.4 Å². The van der Waals surface area contributed by atoms with Crippen LogP contribution in [0, 0.1) is 35.4 Å². The summed E-state index contributed by atoms with van der Waals surface area (Å²) in [5.74, 6) is 1.32. The van der Waals surface area contributed by atoms with Gasteiger partial charge in [-0.2, -0.15) is 5.10 Å². The zero-order chi connectivity index (χ0) is 26.8. The Morgan fingerprint density at radius 3 is 2.54 bits per heavy atom. The maximum absolute atomic E-state index is 14.5. The van der Waals surface area contributed by atoms with Crippen LogP contribution in [-0.4, -0.2) is 37.5 Å². The molecule has 11 heteroatoms. The molecule has 3 heterocycles. The van der Waals surface area contributed by atoms with Crippen LogP contribution in [0.3, 0.4) is 0 Å². The normalized spacial score (nSPS) is 25.4. The second-order valence-corrected chi connectivity index (χ2v) is 11.5. The van der Waals surface area contributed by atoms with Crippen LogP contribution in [0.1, 0.15) is 58.6 Å². The number of nitrogens with one attached hydrogen (secondary N) is 2. The van der Waals surface area contributed by atoms with E-state index in [1.54, 1.807) is 25.2 Å². The Balaban J connectivity index is 1.09. The van der Waals surface area contributed by atoms with E-state index in [0.717, 1.165) is 28.1 Å². The molecule has 2 amide bonds. The molecule has 4 aromatic rings. The first-order valence-electron chi connectivity index (χ1n) is 13.5. The number of rotatable bonds is 6. The Morgan fingerprint density at radius 2 is 1.79 bits per heavy atom. The highest BCUT2D eigenvalue weighted by atomic mass is 19.1. The third-order valence-electron chi connectivity index (χ3n) is 9.12. The summed E-state index contributed by atoms with van der Waals surface area (Å²) in [6.45, 7) is 0.707. The van der Waals surface area contributed by atoms with Crippen LogP contribution in [-0.2, 0) is 13.6 Å². The number of aryl methyl sites for hydroxylation is 1. The molecule has 4 bridgehead atoms. The van der Waals surface area contributed by atoms with Gasteiger partial charge in [0.25, 0.3) is 11.8 Å². The predicted molar refractivity (Wildman–Crippen MR) is 138 cm³/mol. The van der Waals surface area contributed by atoms with Gasteiger partial charge in [-0.3, -0.25) is 14.2 Å². The van der Waals surface area contributed by atoms with Gasteiger partial charge in [0.1, 0.15) is 11.4 Å². The minimum Gasteiger partial charge on any atom is -0.408 e. The summed E-state index contributed by atoms with van der Waals surface area (Å²) >= 11 is 0. The van der Waals surface area contributed by atoms with Gasteiger partial charge in [0.05, 0.1) is 11.7 Å². The van der Waals surface area contributed by atoms with Crippen molar-refractivity contribution in [2.45, 2.75) is 38.6 Å². The molecule has 0 spiro atoms. The van der Waals surface area contributed by atoms with Crippen LogP contribution < -0.4 is 16.4 Å². The van der Waals surface area contributed by atoms with Crippen molar-refractivity contribution in [3.8, 4) is 0 Å². The van der Waals surface area contributed by atoms with E-state index in [4.69, 9.17) is 4.42 Å². The molecule has 4 saturated carbocycles. The molecule has 0 saturated heterocycles. The van der Waals surface area contributed by atoms with Gasteiger partial charge in [-0.05, 0) is 79.4 Å². The van der Waals surface area contributed by atoms with Crippen molar-refractivity contribution in [2.24, 2.45) is 36.6 Å². The van der Waals surface area contributed by atoms with Gasteiger partial charge in [0.15, 0.2) is 17.0 Å². The maximum atomic E-state index is 14.5. The number of fused-ring (bicyclic) bond motifs is 2. The highest BCUT2D eigenvalue weighted by Crippen LogP contribution is 2.56. The summed E-state index contributed by atoms with van der Waals surface area (Å²) in [6.07, 6.45) is 7.38. The zero-order valence-corrected chi connectivity index (χ0v) is 21.5. The van der Waals surface area contributed by atoms with E-state index in [2.05, 4.69) is 20.7 Å². The van der Waals surface area contributed by atoms with Gasteiger partial charge in [0.2, 0.25) is 0 Å². The van der Waals surface area contributed by atoms with Crippen molar-refractivity contribution >= 4 is 28.6 Å². The smallest absolute Gasteiger partial charge is 0.408 e. The number of halogens is 1. The molecule has 0 unspecified atom stereocenters. The molecule has 10 nitrogen and oxygen atoms in total. The largest absolute Gasteiger partial charge is 0.419 e. The zero-order valence-electron chi connectivity index (χ0n) is 21.5. The average Bonchev–Trinajstić information content (AvgIpc) is 3.44. The molecular formula is C28H29FN6O4. The lowest BCUT2D eigenvalue weighted by molar-refractivity contribution is -0.0347. The van der Waals surface area contributed by atoms with Crippen LogP contribution in [0.2, 0.25) is 0 Å². The summed E-state index contributed by atoms with van der Waals surface area (Å²) in [4.78, 5) is 42.3. The van der Waals surface area contributed by atoms with E-state index in [1.165, 1.54) is 42.7 Å². The van der Waals surface area contributed by atoms with Crippen molar-refractivity contribution in [2.75, 3.05) is 6.54 Å². The molecule has 4 aliphatic carbocycles. The number of oxazole rings is 1. The van der Waals surface area contributed by atoms with E-state index in [1.807, 2.05) is 0 Å². The lowest BCUT2D eigenvalue weighted by Gasteiger charge is -2.54. The number of nitrogens with zero attached hydrogens (tertiary/aromatic N) is 4. The molecule has 1 aromatic carbocycles. The molecule has 39 heavy (non-hydrogen) atoms. The third-order valence-corrected chi connectivity index (χ3v) is 9.12. The highest BCUT2D eigenvalue weighted by Gasteiger charge is 2.48. The molecule has 202 valence electrons. The standard InChI is InChI=1S/C28H29FN6O4/c1-34-22-9-14(2-3-24(22)39-28(34)38)11-30-26(36)21-10-23(35-25(33-21)20(29)13-32-35)27(37)31-12-19-17-5-15-4-16(7-17)8-18(19)6-15/h2-3,9-10,13,15-19H,4-8,11-12H2,1H3,(H,30,36)(H,31,37). The molecule has 4 aliphatic rings. The number of amides is 2. The van der Waals surface area contributed by atoms with Crippen molar-refractivity contribution in [3.63, 3.8) is 0 Å². The van der Waals surface area contributed by atoms with Gasteiger partial charge in [-0.1, -0.05) is 6.07 Å². The second-order valence-electron chi connectivity index (χ2n) is 11.5. The number of carbonyl (C=O) groups excluding carboxylic acids is 2. The maximum Gasteiger partial charge on any atom is 0.419 e. The quantitative estimate of drug-likeness (QED) is 0.394. The molecule has 3 aromatic heterocycles. The molecule has 0 atom stereocenters. The first-order chi connectivity index (χ1) is 18.8. The fourth-order valence-corrected chi connectivity index (χ4v) is 7.44. The predicted octanol–water partition coefficient (Wildman–Crippen LogP) is 3.05. The van der Waals surface area contributed by atoms with Gasteiger partial charge in [0, 0.05) is 26.2 Å². The number of aromatic nitrogens is 4. The monoisotopic (exact) mass is 532 g/mol. The summed E-state index contributed by atoms with van der Waals surface area (Å²) in [6, 6.07) is 6.50. The molecule has 2 N–H and O–H groups in total. The van der Waals surface area contributed by atoms with Crippen LogP contribution >= 0.6 is 0 Å². The first kappa shape index (κ1) is 24.1. The van der Waals surface area contributed by atoms with E-state index in [-0.39, 0.29) is 23.6 Å². The molecular weight excluding hydrogens is 503 g/mol. The fraction of sp³-hybridized carbons (Fsp3) is 0.464. The van der Waals surface area contributed by atoms with Gasteiger partial charge in [-0.15, -0.1) is 0 Å². The second kappa shape index (κ2) is 9.03. The van der Waals surface area contributed by atoms with Crippen molar-refractivity contribution in [1.29, 1.82) is 0 Å². The van der Waals surface area contributed by atoms with Gasteiger partial charge >= 0.3 is 5.76 Å². The van der Waals surface area contributed by atoms with Crippen LogP contribution in [0.15, 0.2) is 39.7 Å². The number of hydrogen-bond acceptors (Lipinski definition) is 6. The minimum absolute atomic E-state index is 0.0627. The van der Waals surface area contributed by atoms with Gasteiger partial charge in [-0.25, -0.2) is 18.7 Å². The Kier molecular flexibility index (Phi) is 5.57. The number of benzene rings is 1. The summed E-state index contributed by atoms with van der Waals surface area (Å²) in [5.41, 5.74) is 1.58. The molecule has 0 radical (unpaired) electrons. The summed E-state index contributed by atoms with van der Waals surface area (Å²) in [5, 5.41) is 9.81. The Hall–Kier alpha value is -4.02. The third kappa shape index (κ3) is 4.11. The average molecular weight is 533 g/mol. The summed E-state index contributed by atoms with van der Waals surface area (Å²) in [7, 11) is 1.60. The number of hydrogen-bond donors (Lipinski definition) is 2.